The van der Waals surface area contributed by atoms with Crippen molar-refractivity contribution in [1.82, 2.24) is 10.2 Å². The molecule has 0 aliphatic rings. The van der Waals surface area contributed by atoms with Gasteiger partial charge < -0.3 is 10.2 Å². The number of hydrogen-bond acceptors (Lipinski definition) is 4. The average Bonchev–Trinajstić information content (AvgIpc) is 2.91. The Hall–Kier alpha value is -3.43. The number of hydrogen-bond donors (Lipinski definition) is 1. The van der Waals surface area contributed by atoms with Crippen LogP contribution in [-0.2, 0) is 32.6 Å². The van der Waals surface area contributed by atoms with Crippen LogP contribution in [0.25, 0.3) is 0 Å². The second kappa shape index (κ2) is 13.8. The molecule has 0 bridgehead atoms. The molecule has 1 N–H and O–H groups in total. The summed E-state index contributed by atoms with van der Waals surface area (Å²) in [7, 11) is -3.93. The van der Waals surface area contributed by atoms with Crippen molar-refractivity contribution in [1.29, 1.82) is 0 Å². The normalized spacial score (nSPS) is 12.8. The van der Waals surface area contributed by atoms with Crippen LogP contribution in [-0.4, -0.2) is 50.0 Å². The van der Waals surface area contributed by atoms with Crippen molar-refractivity contribution >= 4 is 39.1 Å². The maximum absolute atomic E-state index is 14.8. The van der Waals surface area contributed by atoms with E-state index < -0.39 is 40.2 Å². The Kier molecular flexibility index (Phi) is 10.7. The number of benzene rings is 3. The molecule has 2 atom stereocenters. The number of carbonyl (C=O) groups excluding carboxylic acids is 2. The van der Waals surface area contributed by atoms with Gasteiger partial charge in [-0.1, -0.05) is 73.1 Å². The number of sulfonamides is 1. The highest BCUT2D eigenvalue weighted by molar-refractivity contribution is 7.92. The zero-order valence-electron chi connectivity index (χ0n) is 23.1. The molecule has 0 radical (unpaired) electrons. The quantitative estimate of drug-likeness (QED) is 0.319. The lowest BCUT2D eigenvalue weighted by Gasteiger charge is -2.34. The number of aryl methyl sites for hydroxylation is 1. The van der Waals surface area contributed by atoms with E-state index in [1.165, 1.54) is 29.2 Å². The van der Waals surface area contributed by atoms with Gasteiger partial charge in [-0.3, -0.25) is 13.9 Å². The SMILES string of the molecule is CC[C@@H](C)NC(=O)[C@H](Cc1ccccc1)N(Cc1ccccc1F)C(=O)CN(c1ccc(C)c(Cl)c1)S(C)(=O)=O. The van der Waals surface area contributed by atoms with Crippen LogP contribution in [0.5, 0.6) is 0 Å². The lowest BCUT2D eigenvalue weighted by molar-refractivity contribution is -0.140. The van der Waals surface area contributed by atoms with Crippen molar-refractivity contribution in [3.63, 3.8) is 0 Å². The molecule has 0 aliphatic carbocycles. The first-order chi connectivity index (χ1) is 18.9. The molecule has 0 fully saturated rings. The summed E-state index contributed by atoms with van der Waals surface area (Å²) >= 11 is 6.26. The van der Waals surface area contributed by atoms with E-state index >= 15 is 0 Å². The number of anilines is 1. The second-order valence-electron chi connectivity index (χ2n) is 9.84. The fraction of sp³-hybridized carbons (Fsp3) is 0.333. The van der Waals surface area contributed by atoms with Crippen LogP contribution in [0.15, 0.2) is 72.8 Å². The van der Waals surface area contributed by atoms with Gasteiger partial charge in [0.15, 0.2) is 0 Å². The summed E-state index contributed by atoms with van der Waals surface area (Å²) in [5.41, 5.74) is 1.95. The van der Waals surface area contributed by atoms with Crippen LogP contribution in [0.1, 0.15) is 37.0 Å². The Morgan fingerprint density at radius 1 is 1.02 bits per heavy atom. The van der Waals surface area contributed by atoms with Crippen LogP contribution < -0.4 is 9.62 Å². The molecule has 0 aromatic heterocycles. The zero-order chi connectivity index (χ0) is 29.4. The molecular weight excluding hydrogens is 553 g/mol. The predicted molar refractivity (Wildman–Crippen MR) is 157 cm³/mol. The molecule has 0 spiro atoms. The highest BCUT2D eigenvalue weighted by atomic mass is 35.5. The van der Waals surface area contributed by atoms with Crippen LogP contribution in [0.4, 0.5) is 10.1 Å². The summed E-state index contributed by atoms with van der Waals surface area (Å²) in [6.45, 7) is 4.73. The lowest BCUT2D eigenvalue weighted by atomic mass is 10.0. The van der Waals surface area contributed by atoms with E-state index in [1.807, 2.05) is 44.2 Å². The summed E-state index contributed by atoms with van der Waals surface area (Å²) in [6, 6.07) is 18.7. The van der Waals surface area contributed by atoms with E-state index in [9.17, 15) is 22.4 Å². The lowest BCUT2D eigenvalue weighted by Crippen LogP contribution is -2.54. The van der Waals surface area contributed by atoms with Gasteiger partial charge in [-0.05, 0) is 49.6 Å². The molecule has 10 heteroatoms. The third-order valence-electron chi connectivity index (χ3n) is 6.69. The first-order valence-corrected chi connectivity index (χ1v) is 15.2. The summed E-state index contributed by atoms with van der Waals surface area (Å²) in [5, 5.41) is 3.28. The standard InChI is InChI=1S/C30H35ClFN3O4S/c1-5-22(3)33-30(37)28(17-23-11-7-6-8-12-23)34(19-24-13-9-10-14-27(24)32)29(36)20-35(40(4,38)39)25-16-15-21(2)26(31)18-25/h6-16,18,22,28H,5,17,19-20H2,1-4H3,(H,33,37)/t22-,28+/m1/s1. The minimum Gasteiger partial charge on any atom is -0.352 e. The monoisotopic (exact) mass is 587 g/mol. The van der Waals surface area contributed by atoms with Crippen molar-refractivity contribution in [2.45, 2.75) is 52.2 Å². The van der Waals surface area contributed by atoms with Gasteiger partial charge in [-0.15, -0.1) is 0 Å². The van der Waals surface area contributed by atoms with Gasteiger partial charge in [0.25, 0.3) is 0 Å². The fourth-order valence-electron chi connectivity index (χ4n) is 4.16. The molecule has 2 amide bonds. The number of carbonyl (C=O) groups is 2. The van der Waals surface area contributed by atoms with E-state index in [1.54, 1.807) is 25.1 Å². The molecule has 0 saturated heterocycles. The first kappa shape index (κ1) is 31.1. The highest BCUT2D eigenvalue weighted by Crippen LogP contribution is 2.26. The first-order valence-electron chi connectivity index (χ1n) is 13.0. The van der Waals surface area contributed by atoms with E-state index in [2.05, 4.69) is 5.32 Å². The summed E-state index contributed by atoms with van der Waals surface area (Å²) in [5.74, 6) is -1.61. The summed E-state index contributed by atoms with van der Waals surface area (Å²) < 4.78 is 41.5. The van der Waals surface area contributed by atoms with Crippen molar-refractivity contribution in [2.75, 3.05) is 17.1 Å². The average molecular weight is 588 g/mol. The number of nitrogens with one attached hydrogen (secondary N) is 1. The molecule has 0 aliphatic heterocycles. The van der Waals surface area contributed by atoms with Crippen LogP contribution in [0.2, 0.25) is 5.02 Å². The third kappa shape index (κ3) is 8.29. The molecule has 214 valence electrons. The van der Waals surface area contributed by atoms with Crippen LogP contribution in [0, 0.1) is 12.7 Å². The van der Waals surface area contributed by atoms with E-state index in [0.717, 1.165) is 21.7 Å². The number of halogens is 2. The molecule has 3 rings (SSSR count). The molecule has 0 unspecified atom stereocenters. The van der Waals surface area contributed by atoms with Gasteiger partial charge in [0, 0.05) is 29.6 Å². The van der Waals surface area contributed by atoms with E-state index in [0.29, 0.717) is 11.4 Å². The van der Waals surface area contributed by atoms with Crippen molar-refractivity contribution in [3.8, 4) is 0 Å². The summed E-state index contributed by atoms with van der Waals surface area (Å²) in [4.78, 5) is 28.9. The van der Waals surface area contributed by atoms with E-state index in [4.69, 9.17) is 11.6 Å². The highest BCUT2D eigenvalue weighted by Gasteiger charge is 2.34. The Bertz CT molecular complexity index is 1440. The molecule has 40 heavy (non-hydrogen) atoms. The number of amides is 2. The Balaban J connectivity index is 2.08. The minimum atomic E-state index is -3.93. The van der Waals surface area contributed by atoms with Gasteiger partial charge in [-0.2, -0.15) is 0 Å². The maximum atomic E-state index is 14.8. The van der Waals surface area contributed by atoms with Gasteiger partial charge in [0.05, 0.1) is 11.9 Å². The topological polar surface area (TPSA) is 86.8 Å². The minimum absolute atomic E-state index is 0.151. The van der Waals surface area contributed by atoms with Gasteiger partial charge >= 0.3 is 0 Å². The predicted octanol–water partition coefficient (Wildman–Crippen LogP) is 5.11. The second-order valence-corrected chi connectivity index (χ2v) is 12.2. The molecule has 7 nitrogen and oxygen atoms in total. The van der Waals surface area contributed by atoms with Crippen molar-refractivity contribution in [3.05, 3.63) is 100 Å². The Labute approximate surface area is 241 Å². The van der Waals surface area contributed by atoms with Crippen molar-refractivity contribution in [2.24, 2.45) is 0 Å². The van der Waals surface area contributed by atoms with Gasteiger partial charge in [-0.25, -0.2) is 12.8 Å². The maximum Gasteiger partial charge on any atom is 0.244 e. The third-order valence-corrected chi connectivity index (χ3v) is 8.24. The fourth-order valence-corrected chi connectivity index (χ4v) is 5.17. The van der Waals surface area contributed by atoms with Crippen LogP contribution >= 0.6 is 11.6 Å². The van der Waals surface area contributed by atoms with E-state index in [-0.39, 0.29) is 30.3 Å². The molecule has 0 heterocycles. The Morgan fingerprint density at radius 2 is 1.68 bits per heavy atom. The number of nitrogens with zero attached hydrogens (tertiary/aromatic N) is 2. The molecule has 0 saturated carbocycles. The molecule has 3 aromatic carbocycles. The smallest absolute Gasteiger partial charge is 0.244 e. The summed E-state index contributed by atoms with van der Waals surface area (Å²) in [6.07, 6.45) is 1.81. The van der Waals surface area contributed by atoms with Gasteiger partial charge in [0.2, 0.25) is 21.8 Å². The zero-order valence-corrected chi connectivity index (χ0v) is 24.7. The largest absolute Gasteiger partial charge is 0.352 e. The molecular formula is C30H35ClFN3O4S. The molecule has 3 aromatic rings. The number of rotatable bonds is 12. The van der Waals surface area contributed by atoms with Crippen LogP contribution in [0.3, 0.4) is 0 Å². The Morgan fingerprint density at radius 3 is 2.27 bits per heavy atom. The van der Waals surface area contributed by atoms with Crippen molar-refractivity contribution < 1.29 is 22.4 Å². The van der Waals surface area contributed by atoms with Gasteiger partial charge in [0.1, 0.15) is 18.4 Å².